The number of rotatable bonds is 5. The molecule has 0 spiro atoms. The van der Waals surface area contributed by atoms with Gasteiger partial charge in [-0.3, -0.25) is 14.7 Å². The molecule has 1 amide bonds. The number of anilines is 1. The lowest BCUT2D eigenvalue weighted by Crippen LogP contribution is -2.32. The number of hydrogen-bond acceptors (Lipinski definition) is 5. The summed E-state index contributed by atoms with van der Waals surface area (Å²) in [4.78, 5) is 21.9. The molecule has 0 bridgehead atoms. The van der Waals surface area contributed by atoms with Gasteiger partial charge in [-0.2, -0.15) is 0 Å². The number of nitrogens with zero attached hydrogens (tertiary/aromatic N) is 3. The molecule has 0 unspecified atom stereocenters. The Kier molecular flexibility index (Phi) is 4.59. The Labute approximate surface area is 116 Å². The van der Waals surface area contributed by atoms with Crippen LogP contribution in [0.3, 0.4) is 0 Å². The first-order valence-corrected chi connectivity index (χ1v) is 6.84. The first-order valence-electron chi connectivity index (χ1n) is 5.96. The van der Waals surface area contributed by atoms with E-state index in [1.54, 1.807) is 12.4 Å². The van der Waals surface area contributed by atoms with Crippen LogP contribution in [0.25, 0.3) is 0 Å². The summed E-state index contributed by atoms with van der Waals surface area (Å²) in [5.41, 5.74) is 1.09. The predicted molar refractivity (Wildman–Crippen MR) is 76.0 cm³/mol. The normalized spacial score (nSPS) is 12.4. The van der Waals surface area contributed by atoms with Crippen molar-refractivity contribution in [2.24, 2.45) is 0 Å². The molecule has 0 fully saturated rings. The van der Waals surface area contributed by atoms with E-state index in [9.17, 15) is 4.79 Å². The number of carbonyl (C=O) groups excluding carboxylic acids is 1. The highest BCUT2D eigenvalue weighted by atomic mass is 32.1. The summed E-state index contributed by atoms with van der Waals surface area (Å²) in [5, 5.41) is 5.23. The summed E-state index contributed by atoms with van der Waals surface area (Å²) in [6.07, 6.45) is 5.23. The fourth-order valence-corrected chi connectivity index (χ4v) is 2.23. The number of carbonyl (C=O) groups is 1. The van der Waals surface area contributed by atoms with Crippen LogP contribution in [0.15, 0.2) is 36.1 Å². The molecule has 1 atom stereocenters. The Hall–Kier alpha value is -1.79. The van der Waals surface area contributed by atoms with Gasteiger partial charge in [-0.1, -0.05) is 6.07 Å². The van der Waals surface area contributed by atoms with Crippen molar-refractivity contribution < 1.29 is 4.79 Å². The molecular weight excluding hydrogens is 260 g/mol. The molecule has 6 heteroatoms. The molecule has 0 aliphatic carbocycles. The number of pyridine rings is 1. The van der Waals surface area contributed by atoms with Crippen molar-refractivity contribution in [3.8, 4) is 0 Å². The molecule has 2 heterocycles. The third kappa shape index (κ3) is 3.84. The summed E-state index contributed by atoms with van der Waals surface area (Å²) in [7, 11) is 1.92. The SMILES string of the molecule is C[C@@H](c1cccnc1)N(C)CC(=O)Nc1nccs1. The summed E-state index contributed by atoms with van der Waals surface area (Å²) in [6.45, 7) is 2.36. The van der Waals surface area contributed by atoms with Gasteiger partial charge in [-0.15, -0.1) is 11.3 Å². The van der Waals surface area contributed by atoms with E-state index in [2.05, 4.69) is 15.3 Å². The number of thiazole rings is 1. The van der Waals surface area contributed by atoms with Gasteiger partial charge < -0.3 is 5.32 Å². The van der Waals surface area contributed by atoms with Gasteiger partial charge in [0, 0.05) is 30.0 Å². The molecule has 0 aliphatic rings. The largest absolute Gasteiger partial charge is 0.301 e. The van der Waals surface area contributed by atoms with E-state index < -0.39 is 0 Å². The zero-order chi connectivity index (χ0) is 13.7. The fraction of sp³-hybridized carbons (Fsp3) is 0.308. The van der Waals surface area contributed by atoms with E-state index in [0.29, 0.717) is 11.7 Å². The highest BCUT2D eigenvalue weighted by molar-refractivity contribution is 7.13. The highest BCUT2D eigenvalue weighted by Crippen LogP contribution is 2.17. The van der Waals surface area contributed by atoms with Crippen LogP contribution in [-0.4, -0.2) is 34.4 Å². The maximum Gasteiger partial charge on any atom is 0.240 e. The number of hydrogen-bond donors (Lipinski definition) is 1. The van der Waals surface area contributed by atoms with Crippen LogP contribution >= 0.6 is 11.3 Å². The van der Waals surface area contributed by atoms with Crippen molar-refractivity contribution in [1.29, 1.82) is 0 Å². The van der Waals surface area contributed by atoms with Gasteiger partial charge in [0.15, 0.2) is 5.13 Å². The van der Waals surface area contributed by atoms with Gasteiger partial charge in [0.05, 0.1) is 6.54 Å². The van der Waals surface area contributed by atoms with Crippen molar-refractivity contribution in [2.45, 2.75) is 13.0 Å². The van der Waals surface area contributed by atoms with Gasteiger partial charge in [-0.25, -0.2) is 4.98 Å². The monoisotopic (exact) mass is 276 g/mol. The van der Waals surface area contributed by atoms with E-state index in [-0.39, 0.29) is 11.9 Å². The van der Waals surface area contributed by atoms with Gasteiger partial charge in [0.2, 0.25) is 5.91 Å². The number of aromatic nitrogens is 2. The lowest BCUT2D eigenvalue weighted by atomic mass is 10.1. The van der Waals surface area contributed by atoms with Crippen LogP contribution in [0.4, 0.5) is 5.13 Å². The van der Waals surface area contributed by atoms with E-state index >= 15 is 0 Å². The van der Waals surface area contributed by atoms with Crippen LogP contribution in [0.2, 0.25) is 0 Å². The first kappa shape index (κ1) is 13.6. The molecule has 2 aromatic rings. The Morgan fingerprint density at radius 2 is 2.37 bits per heavy atom. The summed E-state index contributed by atoms with van der Waals surface area (Å²) in [5.74, 6) is -0.0619. The van der Waals surface area contributed by atoms with E-state index in [1.165, 1.54) is 11.3 Å². The maximum atomic E-state index is 11.9. The average Bonchev–Trinajstić information content (AvgIpc) is 2.91. The van der Waals surface area contributed by atoms with Gasteiger partial charge in [0.1, 0.15) is 0 Å². The number of likely N-dealkylation sites (N-methyl/N-ethyl adjacent to an activating group) is 1. The van der Waals surface area contributed by atoms with Gasteiger partial charge in [0.25, 0.3) is 0 Å². The van der Waals surface area contributed by atoms with E-state index in [1.807, 2.05) is 42.6 Å². The first-order chi connectivity index (χ1) is 9.16. The Morgan fingerprint density at radius 3 is 3.00 bits per heavy atom. The Balaban J connectivity index is 1.90. The zero-order valence-corrected chi connectivity index (χ0v) is 11.7. The van der Waals surface area contributed by atoms with Crippen molar-refractivity contribution in [1.82, 2.24) is 14.9 Å². The summed E-state index contributed by atoms with van der Waals surface area (Å²) < 4.78 is 0. The van der Waals surface area contributed by atoms with Crippen LogP contribution in [-0.2, 0) is 4.79 Å². The van der Waals surface area contributed by atoms with Crippen LogP contribution in [0.1, 0.15) is 18.5 Å². The molecular formula is C13H16N4OS. The molecule has 0 radical (unpaired) electrons. The third-order valence-corrected chi connectivity index (χ3v) is 3.59. The Morgan fingerprint density at radius 1 is 1.53 bits per heavy atom. The quantitative estimate of drug-likeness (QED) is 0.909. The zero-order valence-electron chi connectivity index (χ0n) is 10.9. The Bertz CT molecular complexity index is 515. The lowest BCUT2D eigenvalue weighted by Gasteiger charge is -2.23. The van der Waals surface area contributed by atoms with Crippen molar-refractivity contribution in [3.63, 3.8) is 0 Å². The highest BCUT2D eigenvalue weighted by Gasteiger charge is 2.15. The molecule has 0 aromatic carbocycles. The molecule has 0 aliphatic heterocycles. The smallest absolute Gasteiger partial charge is 0.240 e. The molecule has 0 saturated carbocycles. The average molecular weight is 276 g/mol. The van der Waals surface area contributed by atoms with Crippen LogP contribution in [0, 0.1) is 0 Å². The fourth-order valence-electron chi connectivity index (χ4n) is 1.68. The van der Waals surface area contributed by atoms with Crippen LogP contribution in [0.5, 0.6) is 0 Å². The minimum Gasteiger partial charge on any atom is -0.301 e. The summed E-state index contributed by atoms with van der Waals surface area (Å²) in [6, 6.07) is 4.04. The molecule has 1 N–H and O–H groups in total. The van der Waals surface area contributed by atoms with Crippen molar-refractivity contribution >= 4 is 22.4 Å². The second-order valence-corrected chi connectivity index (χ2v) is 5.16. The summed E-state index contributed by atoms with van der Waals surface area (Å²) >= 11 is 1.41. The lowest BCUT2D eigenvalue weighted by molar-refractivity contribution is -0.117. The number of amides is 1. The predicted octanol–water partition coefficient (Wildman–Crippen LogP) is 2.17. The van der Waals surface area contributed by atoms with Gasteiger partial charge >= 0.3 is 0 Å². The standard InChI is InChI=1S/C13H16N4OS/c1-10(11-4-3-5-14-8-11)17(2)9-12(18)16-13-15-6-7-19-13/h3-8,10H,9H2,1-2H3,(H,15,16,18)/t10-/m0/s1. The molecule has 19 heavy (non-hydrogen) atoms. The molecule has 2 aromatic heterocycles. The van der Waals surface area contributed by atoms with Crippen molar-refractivity contribution in [2.75, 3.05) is 18.9 Å². The molecule has 0 saturated heterocycles. The third-order valence-electron chi connectivity index (χ3n) is 2.90. The minimum absolute atomic E-state index is 0.0619. The molecule has 5 nitrogen and oxygen atoms in total. The van der Waals surface area contributed by atoms with E-state index in [4.69, 9.17) is 0 Å². The van der Waals surface area contributed by atoms with E-state index in [0.717, 1.165) is 5.56 Å². The maximum absolute atomic E-state index is 11.9. The van der Waals surface area contributed by atoms with Crippen molar-refractivity contribution in [3.05, 3.63) is 41.7 Å². The topological polar surface area (TPSA) is 58.1 Å². The van der Waals surface area contributed by atoms with Gasteiger partial charge in [-0.05, 0) is 25.6 Å². The molecule has 100 valence electrons. The van der Waals surface area contributed by atoms with Crippen LogP contribution < -0.4 is 5.32 Å². The molecule has 2 rings (SSSR count). The second kappa shape index (κ2) is 6.40. The second-order valence-electron chi connectivity index (χ2n) is 4.26. The number of nitrogens with one attached hydrogen (secondary N) is 1. The minimum atomic E-state index is -0.0619.